The van der Waals surface area contributed by atoms with Crippen molar-refractivity contribution in [2.75, 3.05) is 19.6 Å². The summed E-state index contributed by atoms with van der Waals surface area (Å²) in [5, 5.41) is 3.13. The fourth-order valence-corrected chi connectivity index (χ4v) is 3.44. The van der Waals surface area contributed by atoms with E-state index in [4.69, 9.17) is 0 Å². The van der Waals surface area contributed by atoms with Crippen LogP contribution in [0, 0.1) is 26.7 Å². The molecule has 1 aromatic heterocycles. The molecule has 5 nitrogen and oxygen atoms in total. The molecule has 1 saturated heterocycles. The summed E-state index contributed by atoms with van der Waals surface area (Å²) >= 11 is 0. The largest absolute Gasteiger partial charge is 0.352 e. The number of carbonyl (C=O) groups excluding carboxylic acids is 1. The van der Waals surface area contributed by atoms with Crippen molar-refractivity contribution < 1.29 is 4.79 Å². The van der Waals surface area contributed by atoms with Crippen LogP contribution < -0.4 is 5.32 Å². The lowest BCUT2D eigenvalue weighted by Crippen LogP contribution is -2.38. The highest BCUT2D eigenvalue weighted by atomic mass is 16.1. The maximum Gasteiger partial charge on any atom is 0.251 e. The van der Waals surface area contributed by atoms with Crippen LogP contribution in [0.3, 0.4) is 0 Å². The van der Waals surface area contributed by atoms with Crippen molar-refractivity contribution in [2.24, 2.45) is 5.92 Å². The summed E-state index contributed by atoms with van der Waals surface area (Å²) in [7, 11) is 0. The molecular weight excluding hydrogens is 312 g/mol. The Labute approximate surface area is 149 Å². The van der Waals surface area contributed by atoms with Crippen molar-refractivity contribution in [2.45, 2.75) is 40.2 Å². The normalized spacial score (nSPS) is 16.1. The molecule has 0 aliphatic carbocycles. The number of imidazole rings is 1. The van der Waals surface area contributed by atoms with Crippen LogP contribution in [-0.4, -0.2) is 40.4 Å². The molecule has 0 unspecified atom stereocenters. The fourth-order valence-electron chi connectivity index (χ4n) is 3.44. The number of benzene rings is 1. The van der Waals surface area contributed by atoms with Gasteiger partial charge in [0, 0.05) is 24.3 Å². The van der Waals surface area contributed by atoms with E-state index in [-0.39, 0.29) is 5.91 Å². The number of nitrogens with one attached hydrogen (secondary N) is 2. The predicted molar refractivity (Wildman–Crippen MR) is 99.6 cm³/mol. The Kier molecular flexibility index (Phi) is 5.53. The molecule has 0 atom stereocenters. The Hall–Kier alpha value is -2.14. The molecule has 1 aliphatic heterocycles. The first-order valence-corrected chi connectivity index (χ1v) is 9.10. The zero-order valence-corrected chi connectivity index (χ0v) is 15.4. The Morgan fingerprint density at radius 1 is 1.28 bits per heavy atom. The molecule has 3 rings (SSSR count). The number of aromatic amines is 1. The van der Waals surface area contributed by atoms with Crippen molar-refractivity contribution in [3.05, 3.63) is 52.6 Å². The number of hydrogen-bond acceptors (Lipinski definition) is 3. The van der Waals surface area contributed by atoms with E-state index in [1.165, 1.54) is 0 Å². The number of piperidine rings is 1. The number of aromatic nitrogens is 2. The number of rotatable bonds is 5. The van der Waals surface area contributed by atoms with Gasteiger partial charge in [0.15, 0.2) is 0 Å². The van der Waals surface area contributed by atoms with Crippen molar-refractivity contribution in [3.63, 3.8) is 0 Å². The monoisotopic (exact) mass is 340 g/mol. The lowest BCUT2D eigenvalue weighted by Gasteiger charge is -2.31. The van der Waals surface area contributed by atoms with E-state index >= 15 is 0 Å². The van der Waals surface area contributed by atoms with E-state index in [2.05, 4.69) is 27.1 Å². The lowest BCUT2D eigenvalue weighted by atomic mass is 9.96. The summed E-state index contributed by atoms with van der Waals surface area (Å²) in [6.07, 6.45) is 4.01. The van der Waals surface area contributed by atoms with Gasteiger partial charge in [0.1, 0.15) is 0 Å². The first-order chi connectivity index (χ1) is 12.0. The van der Waals surface area contributed by atoms with E-state index in [1.54, 1.807) is 6.33 Å². The van der Waals surface area contributed by atoms with Gasteiger partial charge in [0.05, 0.1) is 12.0 Å². The third-order valence-electron chi connectivity index (χ3n) is 5.42. The molecule has 5 heteroatoms. The molecule has 1 aromatic carbocycles. The average molecular weight is 340 g/mol. The number of nitrogens with zero attached hydrogens (tertiary/aromatic N) is 2. The minimum atomic E-state index is 0.0516. The third-order valence-corrected chi connectivity index (χ3v) is 5.42. The molecule has 0 bridgehead atoms. The third kappa shape index (κ3) is 4.28. The summed E-state index contributed by atoms with van der Waals surface area (Å²) in [4.78, 5) is 22.4. The Bertz CT molecular complexity index is 729. The van der Waals surface area contributed by atoms with Crippen LogP contribution in [0.15, 0.2) is 24.5 Å². The average Bonchev–Trinajstić information content (AvgIpc) is 3.01. The van der Waals surface area contributed by atoms with E-state index in [0.29, 0.717) is 5.92 Å². The SMILES string of the molecule is Cc1cccc(C(=O)NCC2CCN(Cc3nc[nH]c3C)CC2)c1C. The fraction of sp³-hybridized carbons (Fsp3) is 0.500. The molecule has 1 amide bonds. The van der Waals surface area contributed by atoms with Gasteiger partial charge in [-0.1, -0.05) is 12.1 Å². The highest BCUT2D eigenvalue weighted by molar-refractivity contribution is 5.95. The summed E-state index contributed by atoms with van der Waals surface area (Å²) in [6, 6.07) is 5.90. The van der Waals surface area contributed by atoms with Gasteiger partial charge in [-0.05, 0) is 69.8 Å². The van der Waals surface area contributed by atoms with Crippen molar-refractivity contribution in [1.82, 2.24) is 20.2 Å². The summed E-state index contributed by atoms with van der Waals surface area (Å²) in [5.41, 5.74) is 5.33. The van der Waals surface area contributed by atoms with Gasteiger partial charge in [-0.25, -0.2) is 4.98 Å². The van der Waals surface area contributed by atoms with Gasteiger partial charge >= 0.3 is 0 Å². The van der Waals surface area contributed by atoms with Crippen LogP contribution in [0.5, 0.6) is 0 Å². The Morgan fingerprint density at radius 2 is 2.04 bits per heavy atom. The maximum atomic E-state index is 12.4. The number of H-pyrrole nitrogens is 1. The second-order valence-electron chi connectivity index (χ2n) is 7.15. The van der Waals surface area contributed by atoms with Gasteiger partial charge in [-0.2, -0.15) is 0 Å². The van der Waals surface area contributed by atoms with Gasteiger partial charge in [-0.15, -0.1) is 0 Å². The zero-order chi connectivity index (χ0) is 17.8. The van der Waals surface area contributed by atoms with Gasteiger partial charge in [-0.3, -0.25) is 9.69 Å². The molecule has 1 aliphatic rings. The summed E-state index contributed by atoms with van der Waals surface area (Å²) in [6.45, 7) is 9.94. The second-order valence-corrected chi connectivity index (χ2v) is 7.15. The first kappa shape index (κ1) is 17.7. The molecule has 2 N–H and O–H groups in total. The predicted octanol–water partition coefficient (Wildman–Crippen LogP) is 2.98. The molecule has 1 fully saturated rings. The number of likely N-dealkylation sites (tertiary alicyclic amines) is 1. The number of amides is 1. The van der Waals surface area contributed by atoms with Crippen molar-refractivity contribution in [3.8, 4) is 0 Å². The van der Waals surface area contributed by atoms with Crippen LogP contribution in [0.25, 0.3) is 0 Å². The summed E-state index contributed by atoms with van der Waals surface area (Å²) < 4.78 is 0. The molecule has 2 aromatic rings. The minimum Gasteiger partial charge on any atom is -0.352 e. The van der Waals surface area contributed by atoms with Gasteiger partial charge in [0.25, 0.3) is 5.91 Å². The molecule has 25 heavy (non-hydrogen) atoms. The molecule has 0 radical (unpaired) electrons. The van der Waals surface area contributed by atoms with Crippen molar-refractivity contribution in [1.29, 1.82) is 0 Å². The Morgan fingerprint density at radius 3 is 2.72 bits per heavy atom. The number of carbonyl (C=O) groups is 1. The Balaban J connectivity index is 1.45. The topological polar surface area (TPSA) is 61.0 Å². The van der Waals surface area contributed by atoms with Crippen LogP contribution in [-0.2, 0) is 6.54 Å². The molecular formula is C20H28N4O. The molecule has 0 spiro atoms. The summed E-state index contributed by atoms with van der Waals surface area (Å²) in [5.74, 6) is 0.612. The van der Waals surface area contributed by atoms with Crippen LogP contribution in [0.1, 0.15) is 45.7 Å². The quantitative estimate of drug-likeness (QED) is 0.880. The highest BCUT2D eigenvalue weighted by Gasteiger charge is 2.21. The molecule has 134 valence electrons. The number of aryl methyl sites for hydroxylation is 2. The second kappa shape index (κ2) is 7.83. The maximum absolute atomic E-state index is 12.4. The minimum absolute atomic E-state index is 0.0516. The van der Waals surface area contributed by atoms with Crippen LogP contribution >= 0.6 is 0 Å². The van der Waals surface area contributed by atoms with E-state index in [0.717, 1.165) is 67.1 Å². The van der Waals surface area contributed by atoms with E-state index < -0.39 is 0 Å². The zero-order valence-electron chi connectivity index (χ0n) is 15.4. The van der Waals surface area contributed by atoms with Crippen LogP contribution in [0.2, 0.25) is 0 Å². The smallest absolute Gasteiger partial charge is 0.251 e. The lowest BCUT2D eigenvalue weighted by molar-refractivity contribution is 0.0934. The number of hydrogen-bond donors (Lipinski definition) is 2. The standard InChI is InChI=1S/C20H28N4O/c1-14-5-4-6-18(15(14)2)20(25)21-11-17-7-9-24(10-8-17)12-19-16(3)22-13-23-19/h4-6,13,17H,7-12H2,1-3H3,(H,21,25)(H,22,23). The molecule has 0 saturated carbocycles. The first-order valence-electron chi connectivity index (χ1n) is 9.10. The highest BCUT2D eigenvalue weighted by Crippen LogP contribution is 2.19. The van der Waals surface area contributed by atoms with E-state index in [9.17, 15) is 4.79 Å². The van der Waals surface area contributed by atoms with Gasteiger partial charge in [0.2, 0.25) is 0 Å². The van der Waals surface area contributed by atoms with Crippen molar-refractivity contribution >= 4 is 5.91 Å². The van der Waals surface area contributed by atoms with Gasteiger partial charge < -0.3 is 10.3 Å². The van der Waals surface area contributed by atoms with Crippen LogP contribution in [0.4, 0.5) is 0 Å². The molecule has 2 heterocycles. The van der Waals surface area contributed by atoms with E-state index in [1.807, 2.05) is 32.0 Å².